The van der Waals surface area contributed by atoms with E-state index in [2.05, 4.69) is 10.1 Å². The Bertz CT molecular complexity index is 758. The molecule has 2 aromatic rings. The normalized spacial score (nSPS) is 23.4. The Hall–Kier alpha value is -2.04. The summed E-state index contributed by atoms with van der Waals surface area (Å²) < 4.78 is 5.91. The Morgan fingerprint density at radius 2 is 1.74 bits per heavy atom. The summed E-state index contributed by atoms with van der Waals surface area (Å²) in [5, 5.41) is 5.27. The van der Waals surface area contributed by atoms with Crippen molar-refractivity contribution < 1.29 is 9.57 Å². The molecule has 2 aliphatic rings. The molecule has 0 aromatic heterocycles. The van der Waals surface area contributed by atoms with Crippen molar-refractivity contribution in [2.24, 2.45) is 5.16 Å². The summed E-state index contributed by atoms with van der Waals surface area (Å²) in [7, 11) is 0. The second kappa shape index (κ2) is 8.77. The lowest BCUT2D eigenvalue weighted by atomic mass is 9.94. The molecule has 0 amide bonds. The zero-order chi connectivity index (χ0) is 18.5. The van der Waals surface area contributed by atoms with Crippen LogP contribution in [0.3, 0.4) is 0 Å². The van der Waals surface area contributed by atoms with Gasteiger partial charge in [0, 0.05) is 17.0 Å². The fourth-order valence-electron chi connectivity index (χ4n) is 3.82. The second-order valence-corrected chi connectivity index (χ2v) is 7.62. The van der Waals surface area contributed by atoms with Crippen LogP contribution in [0.4, 0.5) is 0 Å². The van der Waals surface area contributed by atoms with E-state index in [1.807, 2.05) is 54.6 Å². The number of ether oxygens (including phenoxy) is 1. The van der Waals surface area contributed by atoms with Crippen molar-refractivity contribution in [2.45, 2.75) is 37.8 Å². The van der Waals surface area contributed by atoms with Crippen LogP contribution < -0.4 is 4.74 Å². The van der Waals surface area contributed by atoms with E-state index >= 15 is 0 Å². The molecule has 0 spiro atoms. The molecule has 1 fully saturated rings. The molecular weight excluding hydrogens is 360 g/mol. The van der Waals surface area contributed by atoms with E-state index in [1.165, 1.54) is 19.3 Å². The van der Waals surface area contributed by atoms with Gasteiger partial charge in [-0.25, -0.2) is 0 Å². The molecule has 0 radical (unpaired) electrons. The van der Waals surface area contributed by atoms with Crippen molar-refractivity contribution in [1.82, 2.24) is 4.90 Å². The smallest absolute Gasteiger partial charge is 0.163 e. The van der Waals surface area contributed by atoms with Crippen molar-refractivity contribution in [1.29, 1.82) is 0 Å². The van der Waals surface area contributed by atoms with E-state index in [4.69, 9.17) is 21.2 Å². The molecule has 4 nitrogen and oxygen atoms in total. The van der Waals surface area contributed by atoms with Gasteiger partial charge in [0.05, 0.1) is 6.04 Å². The maximum Gasteiger partial charge on any atom is 0.163 e. The van der Waals surface area contributed by atoms with Crippen molar-refractivity contribution in [2.75, 3.05) is 19.7 Å². The molecule has 2 heterocycles. The Morgan fingerprint density at radius 3 is 2.48 bits per heavy atom. The van der Waals surface area contributed by atoms with Crippen molar-refractivity contribution in [3.63, 3.8) is 0 Å². The van der Waals surface area contributed by atoms with Gasteiger partial charge in [0.2, 0.25) is 0 Å². The minimum atomic E-state index is -0.0480. The first-order valence-corrected chi connectivity index (χ1v) is 10.1. The summed E-state index contributed by atoms with van der Waals surface area (Å²) in [4.78, 5) is 8.37. The first-order chi connectivity index (χ1) is 13.3. The van der Waals surface area contributed by atoms with Crippen LogP contribution in [0.5, 0.6) is 5.75 Å². The highest BCUT2D eigenvalue weighted by atomic mass is 35.5. The third kappa shape index (κ3) is 4.63. The third-order valence-corrected chi connectivity index (χ3v) is 5.50. The van der Waals surface area contributed by atoms with Gasteiger partial charge < -0.3 is 9.57 Å². The van der Waals surface area contributed by atoms with Gasteiger partial charge in [0.15, 0.2) is 6.10 Å². The molecule has 2 aromatic carbocycles. The van der Waals surface area contributed by atoms with Crippen LogP contribution >= 0.6 is 11.6 Å². The minimum absolute atomic E-state index is 0.0480. The van der Waals surface area contributed by atoms with Gasteiger partial charge in [-0.05, 0) is 50.2 Å². The highest BCUT2D eigenvalue weighted by Gasteiger charge is 2.34. The maximum atomic E-state index is 6.06. The zero-order valence-corrected chi connectivity index (χ0v) is 16.1. The maximum absolute atomic E-state index is 6.06. The summed E-state index contributed by atoms with van der Waals surface area (Å²) in [6.07, 6.45) is 4.64. The number of piperidine rings is 1. The van der Waals surface area contributed by atoms with Gasteiger partial charge in [-0.3, -0.25) is 4.90 Å². The average Bonchev–Trinajstić information content (AvgIpc) is 2.74. The fourth-order valence-corrected chi connectivity index (χ4v) is 3.94. The predicted molar refractivity (Wildman–Crippen MR) is 109 cm³/mol. The van der Waals surface area contributed by atoms with Crippen LogP contribution in [-0.2, 0) is 4.84 Å². The lowest BCUT2D eigenvalue weighted by Crippen LogP contribution is -2.49. The molecule has 27 heavy (non-hydrogen) atoms. The van der Waals surface area contributed by atoms with Gasteiger partial charge in [-0.15, -0.1) is 0 Å². The summed E-state index contributed by atoms with van der Waals surface area (Å²) in [5.41, 5.74) is 2.09. The number of hydrogen-bond acceptors (Lipinski definition) is 4. The zero-order valence-electron chi connectivity index (χ0n) is 15.4. The SMILES string of the molecule is Clc1ccc(C2=NOC(COc3ccccc3)CC2N2CCCCC2)cc1. The monoisotopic (exact) mass is 384 g/mol. The molecule has 5 heteroatoms. The lowest BCUT2D eigenvalue weighted by Gasteiger charge is -2.38. The van der Waals surface area contributed by atoms with Crippen LogP contribution in [0.1, 0.15) is 31.2 Å². The first-order valence-electron chi connectivity index (χ1n) is 9.71. The van der Waals surface area contributed by atoms with E-state index in [1.54, 1.807) is 0 Å². The van der Waals surface area contributed by atoms with E-state index < -0.39 is 0 Å². The van der Waals surface area contributed by atoms with Crippen LogP contribution in [-0.4, -0.2) is 42.5 Å². The summed E-state index contributed by atoms with van der Waals surface area (Å²) in [6.45, 7) is 2.73. The highest BCUT2D eigenvalue weighted by Crippen LogP contribution is 2.26. The van der Waals surface area contributed by atoms with Crippen molar-refractivity contribution in [3.05, 3.63) is 65.2 Å². The number of nitrogens with zero attached hydrogens (tertiary/aromatic N) is 2. The number of halogens is 1. The summed E-state index contributed by atoms with van der Waals surface area (Å²) in [5.74, 6) is 0.864. The summed E-state index contributed by atoms with van der Waals surface area (Å²) >= 11 is 6.06. The predicted octanol–water partition coefficient (Wildman–Crippen LogP) is 4.77. The Kier molecular flexibility index (Phi) is 5.95. The number of para-hydroxylation sites is 1. The van der Waals surface area contributed by atoms with Crippen molar-refractivity contribution in [3.8, 4) is 5.75 Å². The van der Waals surface area contributed by atoms with Crippen LogP contribution in [0, 0.1) is 0 Å². The van der Waals surface area contributed by atoms with E-state index in [0.29, 0.717) is 6.61 Å². The van der Waals surface area contributed by atoms with Gasteiger partial charge in [-0.1, -0.05) is 53.5 Å². The number of rotatable bonds is 5. The first kappa shape index (κ1) is 18.3. The van der Waals surface area contributed by atoms with Crippen molar-refractivity contribution >= 4 is 17.3 Å². The van der Waals surface area contributed by atoms with Gasteiger partial charge >= 0.3 is 0 Å². The molecule has 0 saturated carbocycles. The highest BCUT2D eigenvalue weighted by molar-refractivity contribution is 6.30. The molecule has 0 bridgehead atoms. The quantitative estimate of drug-likeness (QED) is 0.744. The molecular formula is C22H25ClN2O2. The van der Waals surface area contributed by atoms with Crippen LogP contribution in [0.25, 0.3) is 0 Å². The third-order valence-electron chi connectivity index (χ3n) is 5.25. The van der Waals surface area contributed by atoms with Crippen LogP contribution in [0.15, 0.2) is 59.8 Å². The number of likely N-dealkylation sites (tertiary alicyclic amines) is 1. The van der Waals surface area contributed by atoms with Crippen LogP contribution in [0.2, 0.25) is 5.02 Å². The molecule has 2 aliphatic heterocycles. The lowest BCUT2D eigenvalue weighted by molar-refractivity contribution is -0.00881. The largest absolute Gasteiger partial charge is 0.490 e. The number of benzene rings is 2. The standard InChI is InChI=1S/C22H25ClN2O2/c23-18-11-9-17(10-12-18)22-21(25-13-5-2-6-14-25)15-20(27-24-22)16-26-19-7-3-1-4-8-19/h1,3-4,7-12,20-21H,2,5-6,13-16H2. The Labute approximate surface area is 165 Å². The molecule has 4 rings (SSSR count). The van der Waals surface area contributed by atoms with Gasteiger partial charge in [-0.2, -0.15) is 0 Å². The summed E-state index contributed by atoms with van der Waals surface area (Å²) in [6, 6.07) is 18.0. The molecule has 0 aliphatic carbocycles. The van der Waals surface area contributed by atoms with E-state index in [-0.39, 0.29) is 12.1 Å². The molecule has 1 saturated heterocycles. The topological polar surface area (TPSA) is 34.1 Å². The number of oxime groups is 1. The number of hydrogen-bond donors (Lipinski definition) is 0. The molecule has 142 valence electrons. The average molecular weight is 385 g/mol. The molecule has 0 N–H and O–H groups in total. The van der Waals surface area contributed by atoms with E-state index in [0.717, 1.165) is 41.6 Å². The molecule has 2 unspecified atom stereocenters. The molecule has 2 atom stereocenters. The second-order valence-electron chi connectivity index (χ2n) is 7.18. The Morgan fingerprint density at radius 1 is 1.00 bits per heavy atom. The van der Waals surface area contributed by atoms with Gasteiger partial charge in [0.1, 0.15) is 18.1 Å². The van der Waals surface area contributed by atoms with E-state index in [9.17, 15) is 0 Å². The fraction of sp³-hybridized carbons (Fsp3) is 0.409. The van der Waals surface area contributed by atoms with Gasteiger partial charge in [0.25, 0.3) is 0 Å². The minimum Gasteiger partial charge on any atom is -0.490 e. The Balaban J connectivity index is 1.50.